The van der Waals surface area contributed by atoms with E-state index in [0.717, 1.165) is 12.0 Å². The summed E-state index contributed by atoms with van der Waals surface area (Å²) in [5.41, 5.74) is 1.46. The molecule has 2 heteroatoms. The van der Waals surface area contributed by atoms with Gasteiger partial charge in [-0.25, -0.2) is 4.39 Å². The number of hydrogen-bond donors (Lipinski definition) is 1. The van der Waals surface area contributed by atoms with Crippen molar-refractivity contribution in [1.29, 1.82) is 0 Å². The highest BCUT2D eigenvalue weighted by molar-refractivity contribution is 5.31. The van der Waals surface area contributed by atoms with E-state index in [4.69, 9.17) is 0 Å². The highest BCUT2D eigenvalue weighted by atomic mass is 19.1. The Labute approximate surface area is 97.3 Å². The third-order valence-electron chi connectivity index (χ3n) is 2.78. The molecule has 0 aliphatic heterocycles. The van der Waals surface area contributed by atoms with E-state index in [-0.39, 0.29) is 11.2 Å². The van der Waals surface area contributed by atoms with Crippen molar-refractivity contribution in [2.24, 2.45) is 0 Å². The van der Waals surface area contributed by atoms with Gasteiger partial charge >= 0.3 is 0 Å². The van der Waals surface area contributed by atoms with Crippen molar-refractivity contribution in [3.05, 3.63) is 35.1 Å². The Morgan fingerprint density at radius 3 is 2.44 bits per heavy atom. The maximum Gasteiger partial charge on any atom is 0.129 e. The van der Waals surface area contributed by atoms with E-state index in [1.54, 1.807) is 12.1 Å². The average Bonchev–Trinajstić information content (AvgIpc) is 2.16. The Morgan fingerprint density at radius 1 is 1.31 bits per heavy atom. The molecule has 1 aromatic carbocycles. The Kier molecular flexibility index (Phi) is 4.09. The molecular weight excluding hydrogens is 203 g/mol. The van der Waals surface area contributed by atoms with E-state index in [1.807, 2.05) is 6.92 Å². The lowest BCUT2D eigenvalue weighted by Gasteiger charge is -2.21. The summed E-state index contributed by atoms with van der Waals surface area (Å²) >= 11 is 0. The predicted molar refractivity (Wildman–Crippen MR) is 65.0 cm³/mol. The van der Waals surface area contributed by atoms with Crippen LogP contribution < -0.4 is 0 Å². The largest absolute Gasteiger partial charge is 0.388 e. The highest BCUT2D eigenvalue weighted by Crippen LogP contribution is 2.28. The van der Waals surface area contributed by atoms with Crippen LogP contribution in [0.5, 0.6) is 0 Å². The number of rotatable bonds is 3. The minimum absolute atomic E-state index is 0.0195. The Bertz CT molecular complexity index is 352. The molecule has 16 heavy (non-hydrogen) atoms. The lowest BCUT2D eigenvalue weighted by atomic mass is 9.85. The Balaban J connectivity index is 3.09. The molecule has 1 unspecified atom stereocenters. The van der Waals surface area contributed by atoms with E-state index in [1.165, 1.54) is 6.07 Å². The van der Waals surface area contributed by atoms with Gasteiger partial charge in [-0.3, -0.25) is 0 Å². The normalized spacial score (nSPS) is 13.9. The second-order valence-corrected chi connectivity index (χ2v) is 5.29. The van der Waals surface area contributed by atoms with Crippen molar-refractivity contribution in [2.45, 2.75) is 52.1 Å². The standard InChI is InChI=1S/C14H21FO/c1-5-6-13(16)11-9-10(14(2,3)4)7-8-12(11)15/h7-9,13,16H,5-6H2,1-4H3. The zero-order valence-electron chi connectivity index (χ0n) is 10.5. The molecule has 0 saturated heterocycles. The van der Waals surface area contributed by atoms with E-state index >= 15 is 0 Å². The number of halogens is 1. The van der Waals surface area contributed by atoms with Crippen molar-refractivity contribution in [3.8, 4) is 0 Å². The molecule has 0 aromatic heterocycles. The number of aliphatic hydroxyl groups is 1. The molecule has 1 nitrogen and oxygen atoms in total. The molecule has 0 heterocycles. The molecular formula is C14H21FO. The van der Waals surface area contributed by atoms with Crippen molar-refractivity contribution in [3.63, 3.8) is 0 Å². The SMILES string of the molecule is CCCC(O)c1cc(C(C)(C)C)ccc1F. The van der Waals surface area contributed by atoms with Gasteiger partial charge in [0.05, 0.1) is 6.10 Å². The Hall–Kier alpha value is -0.890. The van der Waals surface area contributed by atoms with Crippen LogP contribution in [0, 0.1) is 5.82 Å². The summed E-state index contributed by atoms with van der Waals surface area (Å²) in [6.45, 7) is 8.22. The second-order valence-electron chi connectivity index (χ2n) is 5.29. The monoisotopic (exact) mass is 224 g/mol. The summed E-state index contributed by atoms with van der Waals surface area (Å²) in [5.74, 6) is -0.311. The van der Waals surface area contributed by atoms with Gasteiger partial charge in [0.2, 0.25) is 0 Å². The van der Waals surface area contributed by atoms with Gasteiger partial charge in [0.15, 0.2) is 0 Å². The minimum atomic E-state index is -0.688. The van der Waals surface area contributed by atoms with Gasteiger partial charge in [-0.15, -0.1) is 0 Å². The van der Waals surface area contributed by atoms with Crippen LogP contribution in [0.4, 0.5) is 4.39 Å². The summed E-state index contributed by atoms with van der Waals surface area (Å²) in [4.78, 5) is 0. The average molecular weight is 224 g/mol. The predicted octanol–water partition coefficient (Wildman–Crippen LogP) is 3.96. The lowest BCUT2D eigenvalue weighted by molar-refractivity contribution is 0.161. The van der Waals surface area contributed by atoms with Crippen LogP contribution in [0.25, 0.3) is 0 Å². The van der Waals surface area contributed by atoms with Crippen LogP contribution in [0.3, 0.4) is 0 Å². The molecule has 1 rings (SSSR count). The van der Waals surface area contributed by atoms with Gasteiger partial charge in [0.25, 0.3) is 0 Å². The topological polar surface area (TPSA) is 20.2 Å². The van der Waals surface area contributed by atoms with Crippen molar-refractivity contribution < 1.29 is 9.50 Å². The van der Waals surface area contributed by atoms with Crippen LogP contribution in [-0.2, 0) is 5.41 Å². The maximum atomic E-state index is 13.6. The van der Waals surface area contributed by atoms with Gasteiger partial charge in [-0.1, -0.05) is 40.2 Å². The summed E-state index contributed by atoms with van der Waals surface area (Å²) < 4.78 is 13.6. The number of hydrogen-bond acceptors (Lipinski definition) is 1. The van der Waals surface area contributed by atoms with E-state index < -0.39 is 6.10 Å². The molecule has 1 aromatic rings. The zero-order valence-corrected chi connectivity index (χ0v) is 10.5. The molecule has 0 radical (unpaired) electrons. The van der Waals surface area contributed by atoms with Crippen LogP contribution >= 0.6 is 0 Å². The fourth-order valence-electron chi connectivity index (χ4n) is 1.69. The third-order valence-corrected chi connectivity index (χ3v) is 2.78. The highest BCUT2D eigenvalue weighted by Gasteiger charge is 2.18. The molecule has 90 valence electrons. The van der Waals surface area contributed by atoms with Crippen molar-refractivity contribution >= 4 is 0 Å². The fraction of sp³-hybridized carbons (Fsp3) is 0.571. The molecule has 0 bridgehead atoms. The maximum absolute atomic E-state index is 13.6. The van der Waals surface area contributed by atoms with Crippen LogP contribution in [0.1, 0.15) is 57.8 Å². The summed E-state index contributed by atoms with van der Waals surface area (Å²) in [6.07, 6.45) is 0.762. The zero-order chi connectivity index (χ0) is 12.3. The quantitative estimate of drug-likeness (QED) is 0.824. The first-order valence-corrected chi connectivity index (χ1v) is 5.84. The summed E-state index contributed by atoms with van der Waals surface area (Å²) in [6, 6.07) is 5.03. The van der Waals surface area contributed by atoms with Crippen LogP contribution in [0.15, 0.2) is 18.2 Å². The van der Waals surface area contributed by atoms with Crippen molar-refractivity contribution in [1.82, 2.24) is 0 Å². The molecule has 0 saturated carbocycles. The molecule has 0 aliphatic carbocycles. The summed E-state index contributed by atoms with van der Waals surface area (Å²) in [7, 11) is 0. The molecule has 1 atom stereocenters. The molecule has 0 fully saturated rings. The second kappa shape index (κ2) is 4.96. The van der Waals surface area contributed by atoms with E-state index in [0.29, 0.717) is 12.0 Å². The lowest BCUT2D eigenvalue weighted by Crippen LogP contribution is -2.13. The van der Waals surface area contributed by atoms with Gasteiger partial charge < -0.3 is 5.11 Å². The minimum Gasteiger partial charge on any atom is -0.388 e. The van der Waals surface area contributed by atoms with Gasteiger partial charge in [0.1, 0.15) is 5.82 Å². The van der Waals surface area contributed by atoms with Crippen molar-refractivity contribution in [2.75, 3.05) is 0 Å². The van der Waals surface area contributed by atoms with E-state index in [9.17, 15) is 9.50 Å². The van der Waals surface area contributed by atoms with E-state index in [2.05, 4.69) is 20.8 Å². The first-order chi connectivity index (χ1) is 7.36. The van der Waals surface area contributed by atoms with Gasteiger partial charge in [0, 0.05) is 5.56 Å². The first kappa shape index (κ1) is 13.2. The summed E-state index contributed by atoms with van der Waals surface area (Å²) in [5, 5.41) is 9.85. The smallest absolute Gasteiger partial charge is 0.129 e. The Morgan fingerprint density at radius 2 is 1.94 bits per heavy atom. The van der Waals surface area contributed by atoms with Gasteiger partial charge in [-0.2, -0.15) is 0 Å². The number of aliphatic hydroxyl groups excluding tert-OH is 1. The molecule has 0 amide bonds. The molecule has 1 N–H and O–H groups in total. The molecule has 0 spiro atoms. The van der Waals surface area contributed by atoms with Crippen LogP contribution in [-0.4, -0.2) is 5.11 Å². The fourth-order valence-corrected chi connectivity index (χ4v) is 1.69. The third kappa shape index (κ3) is 3.05. The number of benzene rings is 1. The van der Waals surface area contributed by atoms with Gasteiger partial charge in [-0.05, 0) is 29.5 Å². The first-order valence-electron chi connectivity index (χ1n) is 5.84. The molecule has 0 aliphatic rings. The van der Waals surface area contributed by atoms with Crippen LogP contribution in [0.2, 0.25) is 0 Å².